The SMILES string of the molecule is O=C([O-])[C@H]1COCN1C(=O)OCc1ccccc1. The molecule has 1 heterocycles. The molecule has 6 nitrogen and oxygen atoms in total. The van der Waals surface area contributed by atoms with Gasteiger partial charge < -0.3 is 19.4 Å². The lowest BCUT2D eigenvalue weighted by atomic mass is 10.2. The first-order valence-corrected chi connectivity index (χ1v) is 5.44. The van der Waals surface area contributed by atoms with Gasteiger partial charge in [0.1, 0.15) is 19.4 Å². The second-order valence-electron chi connectivity index (χ2n) is 3.84. The van der Waals surface area contributed by atoms with Gasteiger partial charge in [0.25, 0.3) is 0 Å². The second-order valence-corrected chi connectivity index (χ2v) is 3.84. The molecule has 1 fully saturated rings. The molecular weight excluding hydrogens is 238 g/mol. The van der Waals surface area contributed by atoms with Gasteiger partial charge in [0.2, 0.25) is 0 Å². The van der Waals surface area contributed by atoms with E-state index in [9.17, 15) is 14.7 Å². The molecule has 0 saturated carbocycles. The number of carbonyl (C=O) groups is 2. The van der Waals surface area contributed by atoms with E-state index >= 15 is 0 Å². The minimum atomic E-state index is -1.34. The first-order valence-electron chi connectivity index (χ1n) is 5.44. The van der Waals surface area contributed by atoms with Crippen molar-refractivity contribution in [2.75, 3.05) is 13.3 Å². The third-order valence-electron chi connectivity index (χ3n) is 2.59. The fraction of sp³-hybridized carbons (Fsp3) is 0.333. The van der Waals surface area contributed by atoms with Gasteiger partial charge in [-0.2, -0.15) is 0 Å². The first kappa shape index (κ1) is 12.4. The van der Waals surface area contributed by atoms with Gasteiger partial charge in [0.05, 0.1) is 12.6 Å². The smallest absolute Gasteiger partial charge is 0.412 e. The lowest BCUT2D eigenvalue weighted by Crippen LogP contribution is -2.48. The largest absolute Gasteiger partial charge is 0.548 e. The van der Waals surface area contributed by atoms with Crippen molar-refractivity contribution in [3.05, 3.63) is 35.9 Å². The van der Waals surface area contributed by atoms with Crippen LogP contribution in [0, 0.1) is 0 Å². The van der Waals surface area contributed by atoms with Crippen LogP contribution in [-0.2, 0) is 20.9 Å². The zero-order chi connectivity index (χ0) is 13.0. The molecule has 1 amide bonds. The molecule has 96 valence electrons. The van der Waals surface area contributed by atoms with E-state index in [1.807, 2.05) is 30.3 Å². The van der Waals surface area contributed by atoms with Crippen LogP contribution in [-0.4, -0.2) is 36.3 Å². The Hall–Kier alpha value is -2.08. The van der Waals surface area contributed by atoms with Crippen molar-refractivity contribution in [2.24, 2.45) is 0 Å². The highest BCUT2D eigenvalue weighted by Crippen LogP contribution is 2.12. The van der Waals surface area contributed by atoms with E-state index < -0.39 is 18.1 Å². The summed E-state index contributed by atoms with van der Waals surface area (Å²) < 4.78 is 9.92. The number of benzene rings is 1. The van der Waals surface area contributed by atoms with Crippen molar-refractivity contribution >= 4 is 12.1 Å². The van der Waals surface area contributed by atoms with E-state index in [2.05, 4.69) is 0 Å². The van der Waals surface area contributed by atoms with Crippen LogP contribution < -0.4 is 5.11 Å². The number of carboxylic acid groups (broad SMARTS) is 1. The predicted octanol–water partition coefficient (Wildman–Crippen LogP) is -0.269. The maximum absolute atomic E-state index is 11.7. The van der Waals surface area contributed by atoms with Crippen LogP contribution >= 0.6 is 0 Å². The minimum absolute atomic E-state index is 0.0667. The zero-order valence-electron chi connectivity index (χ0n) is 9.57. The highest BCUT2D eigenvalue weighted by molar-refractivity contribution is 5.79. The second kappa shape index (κ2) is 5.50. The molecule has 0 bridgehead atoms. The number of amides is 1. The molecular formula is C12H12NO5-. The van der Waals surface area contributed by atoms with E-state index in [0.717, 1.165) is 10.5 Å². The molecule has 1 saturated heterocycles. The number of hydrogen-bond donors (Lipinski definition) is 0. The quantitative estimate of drug-likeness (QED) is 0.738. The summed E-state index contributed by atoms with van der Waals surface area (Å²) in [5.41, 5.74) is 0.830. The highest BCUT2D eigenvalue weighted by atomic mass is 16.6. The van der Waals surface area contributed by atoms with Crippen LogP contribution in [0.1, 0.15) is 5.56 Å². The van der Waals surface area contributed by atoms with Crippen LogP contribution in [0.5, 0.6) is 0 Å². The van der Waals surface area contributed by atoms with Gasteiger partial charge in [-0.25, -0.2) is 4.79 Å². The molecule has 1 atom stereocenters. The third kappa shape index (κ3) is 2.78. The van der Waals surface area contributed by atoms with Crippen LogP contribution in [0.3, 0.4) is 0 Å². The Kier molecular flexibility index (Phi) is 3.78. The molecule has 0 aliphatic carbocycles. The Morgan fingerprint density at radius 2 is 2.11 bits per heavy atom. The summed E-state index contributed by atoms with van der Waals surface area (Å²) in [6.07, 6.45) is -0.717. The monoisotopic (exact) mass is 250 g/mol. The van der Waals surface area contributed by atoms with Crippen LogP contribution in [0.2, 0.25) is 0 Å². The molecule has 6 heteroatoms. The molecule has 2 rings (SSSR count). The van der Waals surface area contributed by atoms with Crippen LogP contribution in [0.25, 0.3) is 0 Å². The molecule has 18 heavy (non-hydrogen) atoms. The van der Waals surface area contributed by atoms with Gasteiger partial charge in [-0.15, -0.1) is 0 Å². The highest BCUT2D eigenvalue weighted by Gasteiger charge is 2.31. The Labute approximate surface area is 104 Å². The molecule has 1 aromatic carbocycles. The number of carboxylic acids is 1. The van der Waals surface area contributed by atoms with Gasteiger partial charge >= 0.3 is 6.09 Å². The molecule has 0 spiro atoms. The molecule has 0 N–H and O–H groups in total. The van der Waals surface area contributed by atoms with Gasteiger partial charge in [0, 0.05) is 0 Å². The van der Waals surface area contributed by atoms with Gasteiger partial charge in [-0.05, 0) is 5.56 Å². The molecule has 1 aromatic rings. The Bertz CT molecular complexity index is 433. The van der Waals surface area contributed by atoms with Crippen LogP contribution in [0.15, 0.2) is 30.3 Å². The van der Waals surface area contributed by atoms with Crippen molar-refractivity contribution < 1.29 is 24.2 Å². The number of ether oxygens (including phenoxy) is 2. The van der Waals surface area contributed by atoms with E-state index in [4.69, 9.17) is 9.47 Å². The first-order chi connectivity index (χ1) is 8.68. The van der Waals surface area contributed by atoms with E-state index in [1.165, 1.54) is 0 Å². The summed E-state index contributed by atoms with van der Waals surface area (Å²) in [6.45, 7) is -0.0645. The van der Waals surface area contributed by atoms with E-state index in [0.29, 0.717) is 0 Å². The minimum Gasteiger partial charge on any atom is -0.548 e. The lowest BCUT2D eigenvalue weighted by molar-refractivity contribution is -0.310. The van der Waals surface area contributed by atoms with Crippen molar-refractivity contribution in [3.8, 4) is 0 Å². The summed E-state index contributed by atoms with van der Waals surface area (Å²) >= 11 is 0. The Balaban J connectivity index is 1.90. The fourth-order valence-electron chi connectivity index (χ4n) is 1.62. The third-order valence-corrected chi connectivity index (χ3v) is 2.59. The van der Waals surface area contributed by atoms with Crippen molar-refractivity contribution in [2.45, 2.75) is 12.6 Å². The van der Waals surface area contributed by atoms with E-state index in [1.54, 1.807) is 0 Å². The van der Waals surface area contributed by atoms with Gasteiger partial charge in [0.15, 0.2) is 0 Å². The summed E-state index contributed by atoms with van der Waals surface area (Å²) in [6, 6.07) is 8.05. The fourth-order valence-corrected chi connectivity index (χ4v) is 1.62. The number of carbonyl (C=O) groups excluding carboxylic acids is 2. The summed E-state index contributed by atoms with van der Waals surface area (Å²) in [5.74, 6) is -1.34. The summed E-state index contributed by atoms with van der Waals surface area (Å²) in [4.78, 5) is 23.4. The van der Waals surface area contributed by atoms with Gasteiger partial charge in [-0.1, -0.05) is 30.3 Å². The zero-order valence-corrected chi connectivity index (χ0v) is 9.57. The Morgan fingerprint density at radius 3 is 2.78 bits per heavy atom. The standard InChI is InChI=1S/C12H13NO5/c14-11(15)10-7-17-8-13(10)12(16)18-6-9-4-2-1-3-5-9/h1-5,10H,6-8H2,(H,14,15)/p-1/t10-/m1/s1. The maximum Gasteiger partial charge on any atom is 0.412 e. The van der Waals surface area contributed by atoms with Gasteiger partial charge in [-0.3, -0.25) is 4.90 Å². The normalized spacial score (nSPS) is 18.7. The maximum atomic E-state index is 11.7. The number of aliphatic carboxylic acids is 1. The van der Waals surface area contributed by atoms with Crippen molar-refractivity contribution in [3.63, 3.8) is 0 Å². The number of nitrogens with zero attached hydrogens (tertiary/aromatic N) is 1. The number of rotatable bonds is 3. The summed E-state index contributed by atoms with van der Waals surface area (Å²) in [7, 11) is 0. The average Bonchev–Trinajstić information content (AvgIpc) is 2.86. The van der Waals surface area contributed by atoms with Crippen LogP contribution in [0.4, 0.5) is 4.79 Å². The average molecular weight is 250 g/mol. The molecule has 0 aromatic heterocycles. The predicted molar refractivity (Wildman–Crippen MR) is 58.1 cm³/mol. The topological polar surface area (TPSA) is 78.9 Å². The summed E-state index contributed by atoms with van der Waals surface area (Å²) in [5, 5.41) is 10.8. The molecule has 1 aliphatic rings. The molecule has 0 unspecified atom stereocenters. The lowest BCUT2D eigenvalue weighted by Gasteiger charge is -2.22. The molecule has 1 aliphatic heterocycles. The Morgan fingerprint density at radius 1 is 1.39 bits per heavy atom. The van der Waals surface area contributed by atoms with E-state index in [-0.39, 0.29) is 19.9 Å². The number of hydrogen-bond acceptors (Lipinski definition) is 5. The van der Waals surface area contributed by atoms with Crippen molar-refractivity contribution in [1.82, 2.24) is 4.90 Å². The molecule has 0 radical (unpaired) electrons. The van der Waals surface area contributed by atoms with Crippen molar-refractivity contribution in [1.29, 1.82) is 0 Å².